The first-order valence-corrected chi connectivity index (χ1v) is 16.4. The van der Waals surface area contributed by atoms with Crippen LogP contribution >= 0.6 is 0 Å². The van der Waals surface area contributed by atoms with Crippen molar-refractivity contribution in [3.05, 3.63) is 0 Å². The van der Waals surface area contributed by atoms with Crippen LogP contribution in [0.2, 0.25) is 0 Å². The van der Waals surface area contributed by atoms with E-state index in [-0.39, 0.29) is 29.6 Å². The van der Waals surface area contributed by atoms with E-state index in [4.69, 9.17) is 31.4 Å². The zero-order chi connectivity index (χ0) is 28.0. The number of aliphatic hydroxyl groups excluding tert-OH is 1. The van der Waals surface area contributed by atoms with Gasteiger partial charge in [0.05, 0.1) is 18.3 Å². The molecule has 0 spiro atoms. The van der Waals surface area contributed by atoms with Crippen LogP contribution in [0.5, 0.6) is 0 Å². The Bertz CT molecular complexity index is 742. The Kier molecular flexibility index (Phi) is 11.6. The SMILES string of the molecule is C[C@H](CCO)[C@H]1CC[C@H]2C3[C@H](OCCCN)CC4C[C@H](OCCCN)CC[C@]4(C)[C@H]3C[C@H](OCCCN)[C@]12C. The molecule has 0 aromatic heterocycles. The number of nitrogens with two attached hydrogens (primary N) is 3. The first kappa shape index (κ1) is 31.7. The summed E-state index contributed by atoms with van der Waals surface area (Å²) >= 11 is 0. The van der Waals surface area contributed by atoms with E-state index >= 15 is 0 Å². The molecule has 4 rings (SSSR count). The fourth-order valence-corrected chi connectivity index (χ4v) is 10.0. The molecule has 0 saturated heterocycles. The first-order chi connectivity index (χ1) is 18.8. The monoisotopic (exact) mass is 551 g/mol. The summed E-state index contributed by atoms with van der Waals surface area (Å²) in [6, 6.07) is 0. The second-order valence-corrected chi connectivity index (χ2v) is 14.0. The lowest BCUT2D eigenvalue weighted by Gasteiger charge is -2.65. The van der Waals surface area contributed by atoms with Crippen molar-refractivity contribution in [2.45, 2.75) is 110 Å². The molecule has 11 atom stereocenters. The van der Waals surface area contributed by atoms with Crippen molar-refractivity contribution in [3.8, 4) is 0 Å². The highest BCUT2D eigenvalue weighted by atomic mass is 16.5. The summed E-state index contributed by atoms with van der Waals surface area (Å²) in [5, 5.41) is 9.83. The molecule has 0 aliphatic heterocycles. The van der Waals surface area contributed by atoms with Gasteiger partial charge in [-0.25, -0.2) is 0 Å². The van der Waals surface area contributed by atoms with Gasteiger partial charge in [0.25, 0.3) is 0 Å². The Morgan fingerprint density at radius 2 is 1.49 bits per heavy atom. The number of hydrogen-bond acceptors (Lipinski definition) is 7. The van der Waals surface area contributed by atoms with E-state index in [0.29, 0.717) is 61.2 Å². The van der Waals surface area contributed by atoms with E-state index < -0.39 is 0 Å². The molecule has 0 aromatic carbocycles. The minimum atomic E-state index is 0.103. The van der Waals surface area contributed by atoms with Gasteiger partial charge < -0.3 is 36.5 Å². The topological polar surface area (TPSA) is 126 Å². The fraction of sp³-hybridized carbons (Fsp3) is 1.00. The minimum Gasteiger partial charge on any atom is -0.396 e. The number of ether oxygens (including phenoxy) is 3. The zero-order valence-electron chi connectivity index (χ0n) is 25.3. The zero-order valence-corrected chi connectivity index (χ0v) is 25.3. The van der Waals surface area contributed by atoms with E-state index in [1.807, 2.05) is 0 Å². The van der Waals surface area contributed by atoms with Gasteiger partial charge in [-0.1, -0.05) is 20.8 Å². The van der Waals surface area contributed by atoms with E-state index in [0.717, 1.165) is 71.2 Å². The standard InChI is InChI=1S/C32H61N3O4/c1-22(10-15-36)25-7-8-26-30-27(21-29(32(25,26)3)39-18-6-14-35)31(2)11-9-24(37-16-4-12-33)19-23(31)20-28(30)38-17-5-13-34/h22-30,36H,4-21,33-35H2,1-3H3/t22-,23?,24-,25-,26+,27+,28-,29+,30?,31+,32-/m1/s1. The third-order valence-corrected chi connectivity index (χ3v) is 12.1. The first-order valence-electron chi connectivity index (χ1n) is 16.4. The Hall–Kier alpha value is -0.280. The summed E-state index contributed by atoms with van der Waals surface area (Å²) in [7, 11) is 0. The molecule has 4 fully saturated rings. The van der Waals surface area contributed by atoms with E-state index in [9.17, 15) is 5.11 Å². The van der Waals surface area contributed by atoms with E-state index in [2.05, 4.69) is 20.8 Å². The van der Waals surface area contributed by atoms with Gasteiger partial charge in [0.15, 0.2) is 0 Å². The van der Waals surface area contributed by atoms with Crippen molar-refractivity contribution in [3.63, 3.8) is 0 Å². The summed E-state index contributed by atoms with van der Waals surface area (Å²) in [5.74, 6) is 3.41. The molecular weight excluding hydrogens is 490 g/mol. The summed E-state index contributed by atoms with van der Waals surface area (Å²) in [4.78, 5) is 0. The van der Waals surface area contributed by atoms with Gasteiger partial charge in [-0.05, 0) is 131 Å². The van der Waals surface area contributed by atoms with Crippen LogP contribution in [0.4, 0.5) is 0 Å². The van der Waals surface area contributed by atoms with Crippen molar-refractivity contribution in [2.75, 3.05) is 46.1 Å². The van der Waals surface area contributed by atoms with Crippen LogP contribution in [0, 0.1) is 46.3 Å². The maximum absolute atomic E-state index is 9.83. The van der Waals surface area contributed by atoms with Crippen LogP contribution in [0.15, 0.2) is 0 Å². The van der Waals surface area contributed by atoms with Gasteiger partial charge in [0, 0.05) is 31.8 Å². The van der Waals surface area contributed by atoms with Crippen molar-refractivity contribution >= 4 is 0 Å². The quantitative estimate of drug-likeness (QED) is 0.226. The second-order valence-electron chi connectivity index (χ2n) is 14.0. The number of rotatable bonds is 15. The summed E-state index contributed by atoms with van der Waals surface area (Å²) < 4.78 is 20.0. The lowest BCUT2D eigenvalue weighted by molar-refractivity contribution is -0.227. The molecule has 0 heterocycles. The number of aliphatic hydroxyl groups is 1. The average Bonchev–Trinajstić information content (AvgIpc) is 3.28. The Balaban J connectivity index is 1.64. The van der Waals surface area contributed by atoms with Crippen LogP contribution in [-0.4, -0.2) is 69.5 Å². The van der Waals surface area contributed by atoms with Gasteiger partial charge in [0.1, 0.15) is 0 Å². The van der Waals surface area contributed by atoms with Gasteiger partial charge >= 0.3 is 0 Å². The molecule has 39 heavy (non-hydrogen) atoms. The van der Waals surface area contributed by atoms with Crippen LogP contribution in [0.25, 0.3) is 0 Å². The summed E-state index contributed by atoms with van der Waals surface area (Å²) in [6.45, 7) is 12.1. The highest BCUT2D eigenvalue weighted by Crippen LogP contribution is 2.69. The molecule has 2 unspecified atom stereocenters. The van der Waals surface area contributed by atoms with E-state index in [1.54, 1.807) is 0 Å². The van der Waals surface area contributed by atoms with Gasteiger partial charge in [-0.15, -0.1) is 0 Å². The van der Waals surface area contributed by atoms with Crippen LogP contribution in [0.3, 0.4) is 0 Å². The second kappa shape index (κ2) is 14.3. The Labute approximate surface area is 238 Å². The van der Waals surface area contributed by atoms with Crippen molar-refractivity contribution in [1.29, 1.82) is 0 Å². The molecule has 0 aromatic rings. The Morgan fingerprint density at radius 3 is 2.15 bits per heavy atom. The predicted octanol–water partition coefficient (Wildman–Crippen LogP) is 4.09. The lowest BCUT2D eigenvalue weighted by atomic mass is 9.43. The molecular formula is C32H61N3O4. The predicted molar refractivity (Wildman–Crippen MR) is 157 cm³/mol. The third kappa shape index (κ3) is 6.40. The maximum atomic E-state index is 9.83. The molecule has 4 aliphatic rings. The summed E-state index contributed by atoms with van der Waals surface area (Å²) in [5.41, 5.74) is 17.9. The minimum absolute atomic E-state index is 0.103. The average molecular weight is 552 g/mol. The number of fused-ring (bicyclic) bond motifs is 5. The van der Waals surface area contributed by atoms with Gasteiger partial charge in [0.2, 0.25) is 0 Å². The van der Waals surface area contributed by atoms with Crippen molar-refractivity contribution in [1.82, 2.24) is 0 Å². The molecule has 0 radical (unpaired) electrons. The lowest BCUT2D eigenvalue weighted by Crippen LogP contribution is -2.63. The Morgan fingerprint density at radius 1 is 0.821 bits per heavy atom. The largest absolute Gasteiger partial charge is 0.396 e. The molecule has 0 bridgehead atoms. The van der Waals surface area contributed by atoms with Gasteiger partial charge in [-0.2, -0.15) is 0 Å². The van der Waals surface area contributed by atoms with Crippen LogP contribution in [0.1, 0.15) is 91.4 Å². The van der Waals surface area contributed by atoms with Crippen molar-refractivity contribution < 1.29 is 19.3 Å². The molecule has 4 aliphatic carbocycles. The van der Waals surface area contributed by atoms with E-state index in [1.165, 1.54) is 19.3 Å². The number of hydrogen-bond donors (Lipinski definition) is 4. The van der Waals surface area contributed by atoms with Crippen LogP contribution < -0.4 is 17.2 Å². The smallest absolute Gasteiger partial charge is 0.0637 e. The van der Waals surface area contributed by atoms with Crippen molar-refractivity contribution in [2.24, 2.45) is 63.5 Å². The highest BCUT2D eigenvalue weighted by molar-refractivity contribution is 5.15. The molecule has 228 valence electrons. The van der Waals surface area contributed by atoms with Crippen LogP contribution in [-0.2, 0) is 14.2 Å². The fourth-order valence-electron chi connectivity index (χ4n) is 10.0. The third-order valence-electron chi connectivity index (χ3n) is 12.1. The molecule has 7 N–H and O–H groups in total. The summed E-state index contributed by atoms with van der Waals surface area (Å²) in [6.07, 6.45) is 12.8. The van der Waals surface area contributed by atoms with Gasteiger partial charge in [-0.3, -0.25) is 0 Å². The molecule has 7 nitrogen and oxygen atoms in total. The maximum Gasteiger partial charge on any atom is 0.0637 e. The molecule has 4 saturated carbocycles. The highest BCUT2D eigenvalue weighted by Gasteiger charge is 2.66. The molecule has 7 heteroatoms. The normalized spacial score (nSPS) is 42.5. The molecule has 0 amide bonds.